The van der Waals surface area contributed by atoms with Gasteiger partial charge in [0.1, 0.15) is 42.9 Å². The van der Waals surface area contributed by atoms with Gasteiger partial charge in [0.25, 0.3) is 5.91 Å². The number of amides is 9. The lowest BCUT2D eigenvalue weighted by Gasteiger charge is -2.38. The fourth-order valence-corrected chi connectivity index (χ4v) is 6.56. The van der Waals surface area contributed by atoms with E-state index in [-0.39, 0.29) is 44.8 Å². The summed E-state index contributed by atoms with van der Waals surface area (Å²) in [5, 5.41) is 60.4. The van der Waals surface area contributed by atoms with Crippen LogP contribution in [0.3, 0.4) is 0 Å². The van der Waals surface area contributed by atoms with Gasteiger partial charge >= 0.3 is 24.2 Å². The van der Waals surface area contributed by atoms with Gasteiger partial charge in [0, 0.05) is 6.54 Å². The highest BCUT2D eigenvalue weighted by atomic mass is 19.4. The zero-order chi connectivity index (χ0) is 58.8. The number of alkyl carbamates (subject to hydrolysis) is 1. The van der Waals surface area contributed by atoms with Crippen molar-refractivity contribution in [1.29, 1.82) is 0 Å². The molecule has 0 aliphatic heterocycles. The number of imide groups is 1. The van der Waals surface area contributed by atoms with E-state index in [1.54, 1.807) is 65.0 Å². The molecule has 0 spiro atoms. The van der Waals surface area contributed by atoms with Crippen LogP contribution in [0, 0.1) is 17.8 Å². The lowest BCUT2D eigenvalue weighted by Crippen LogP contribution is -2.65. The van der Waals surface area contributed by atoms with Crippen molar-refractivity contribution in [2.75, 3.05) is 19.7 Å². The van der Waals surface area contributed by atoms with Crippen molar-refractivity contribution in [2.45, 2.75) is 148 Å². The maximum atomic E-state index is 14.8. The van der Waals surface area contributed by atoms with Gasteiger partial charge in [-0.2, -0.15) is 13.2 Å². The number of carbonyl (C=O) groups is 11. The zero-order valence-electron chi connectivity index (χ0n) is 43.1. The molecule has 1 aromatic rings. The normalized spacial score (nSPS) is 15.2. The number of carbonyl (C=O) groups excluding carboxylic acids is 9. The van der Waals surface area contributed by atoms with E-state index in [0.717, 1.165) is 12.5 Å². The van der Waals surface area contributed by atoms with Gasteiger partial charge in [0.2, 0.25) is 41.4 Å². The second-order valence-corrected chi connectivity index (χ2v) is 18.2. The summed E-state index contributed by atoms with van der Waals surface area (Å²) in [5.74, 6) is -14.9. The molecule has 0 heterocycles. The molecule has 0 aromatic heterocycles. The lowest BCUT2D eigenvalue weighted by molar-refractivity contribution is -0.192. The Balaban J connectivity index is 0.00000746. The Morgan fingerprint density at radius 3 is 1.79 bits per heavy atom. The molecule has 76 heavy (non-hydrogen) atoms. The molecular formula is C46H73F3N10O17. The van der Waals surface area contributed by atoms with E-state index in [2.05, 4.69) is 26.6 Å². The summed E-state index contributed by atoms with van der Waals surface area (Å²) in [5.41, 5.74) is 18.4. The van der Waals surface area contributed by atoms with Gasteiger partial charge in [-0.15, -0.1) is 0 Å². The minimum Gasteiger partial charge on any atom is -0.480 e. The van der Waals surface area contributed by atoms with Gasteiger partial charge in [-0.3, -0.25) is 43.3 Å². The number of halogens is 3. The van der Waals surface area contributed by atoms with E-state index < -0.39 is 157 Å². The van der Waals surface area contributed by atoms with Crippen molar-refractivity contribution in [3.05, 3.63) is 35.9 Å². The van der Waals surface area contributed by atoms with Gasteiger partial charge in [-0.1, -0.05) is 78.3 Å². The molecule has 430 valence electrons. The number of nitrogens with zero attached hydrogens (tertiary/aromatic N) is 1. The molecule has 0 fully saturated rings. The predicted octanol–water partition coefficient (Wildman–Crippen LogP) is -2.80. The molecule has 17 N–H and O–H groups in total. The number of hydrogen-bond donors (Lipinski definition) is 14. The highest BCUT2D eigenvalue weighted by Crippen LogP contribution is 2.22. The van der Waals surface area contributed by atoms with E-state index in [9.17, 15) is 76.4 Å². The lowest BCUT2D eigenvalue weighted by atomic mass is 9.92. The minimum atomic E-state index is -5.08. The summed E-state index contributed by atoms with van der Waals surface area (Å²) in [6.07, 6.45) is -9.72. The second-order valence-electron chi connectivity index (χ2n) is 18.2. The largest absolute Gasteiger partial charge is 0.490 e. The number of ether oxygens (including phenoxy) is 1. The van der Waals surface area contributed by atoms with E-state index in [0.29, 0.717) is 4.90 Å². The number of primary amides is 1. The first-order valence-electron chi connectivity index (χ1n) is 23.8. The average Bonchev–Trinajstić information content (AvgIpc) is 3.34. The Morgan fingerprint density at radius 2 is 1.32 bits per heavy atom. The van der Waals surface area contributed by atoms with E-state index in [1.807, 2.05) is 5.32 Å². The van der Waals surface area contributed by atoms with Crippen LogP contribution in [-0.2, 0) is 59.3 Å². The maximum absolute atomic E-state index is 14.8. The van der Waals surface area contributed by atoms with Crippen molar-refractivity contribution in [3.63, 3.8) is 0 Å². The highest BCUT2D eigenvalue weighted by Gasteiger charge is 2.45. The van der Waals surface area contributed by atoms with Crippen molar-refractivity contribution >= 4 is 65.3 Å². The van der Waals surface area contributed by atoms with Crippen LogP contribution in [0.4, 0.5) is 18.0 Å². The van der Waals surface area contributed by atoms with E-state index in [1.165, 1.54) is 6.92 Å². The summed E-state index contributed by atoms with van der Waals surface area (Å²) in [6.45, 7) is 8.92. The molecule has 9 amide bonds. The first kappa shape index (κ1) is 69.0. The second kappa shape index (κ2) is 33.8. The van der Waals surface area contributed by atoms with Crippen LogP contribution < -0.4 is 49.1 Å². The quantitative estimate of drug-likeness (QED) is 0.0346. The van der Waals surface area contributed by atoms with Gasteiger partial charge in [0.05, 0.1) is 37.8 Å². The number of rotatable bonds is 30. The van der Waals surface area contributed by atoms with Gasteiger partial charge < -0.3 is 79.4 Å². The monoisotopic (exact) mass is 1090 g/mol. The summed E-state index contributed by atoms with van der Waals surface area (Å²) in [6, 6.07) is -2.84. The number of alkyl halides is 3. The third-order valence-electron chi connectivity index (χ3n) is 11.0. The molecule has 0 radical (unpaired) electrons. The van der Waals surface area contributed by atoms with Crippen LogP contribution in [0.1, 0.15) is 86.1 Å². The Morgan fingerprint density at radius 1 is 0.750 bits per heavy atom. The van der Waals surface area contributed by atoms with E-state index >= 15 is 0 Å². The molecule has 0 bridgehead atoms. The molecule has 1 unspecified atom stereocenters. The number of nitrogens with one attached hydrogen (secondary N) is 6. The summed E-state index contributed by atoms with van der Waals surface area (Å²) in [7, 11) is 0. The molecule has 10 atom stereocenters. The van der Waals surface area contributed by atoms with Crippen molar-refractivity contribution in [1.82, 2.24) is 36.8 Å². The number of carboxylic acid groups (broad SMARTS) is 2. The minimum absolute atomic E-state index is 0.00726. The molecule has 0 saturated carbocycles. The summed E-state index contributed by atoms with van der Waals surface area (Å²) >= 11 is 0. The average molecular weight is 1100 g/mol. The van der Waals surface area contributed by atoms with Crippen LogP contribution >= 0.6 is 0 Å². The van der Waals surface area contributed by atoms with Crippen LogP contribution in [0.5, 0.6) is 0 Å². The molecular weight excluding hydrogens is 1020 g/mol. The van der Waals surface area contributed by atoms with Crippen molar-refractivity contribution in [3.8, 4) is 0 Å². The fourth-order valence-electron chi connectivity index (χ4n) is 6.56. The standard InChI is InChI=1S/C44H72N10O15.C2HF3O2/c1-8-24(6)35(40(63)53-34(25(7)56)39(62)49-19-32(58)50-28(18-31(46)57)37(60)52-30(20-55)43(66)67)54(42(65)29(17-22(2)3)51-38(61)33(47)36(59)23(4)5)41(64)27(45)15-12-16-48-44(68)69-21-26-13-10-9-11-14-26;3-2(4,5)1(6)7/h9-11,13-14,22-25,27-30,33-36,55-56,59H,8,12,15-21,45,47H2,1-7H3,(H2,46,57)(H,48,68)(H,49,62)(H,50,58)(H,51,61)(H,52,60)(H,53,63)(H,66,67);(H,6,7)/t24?,25-,27+,28-,29-,30-,33-,34-,35-,36+;/m0./s1. The molecule has 1 rings (SSSR count). The number of hydrogen-bond acceptors (Lipinski definition) is 17. The van der Waals surface area contributed by atoms with Crippen molar-refractivity contribution in [2.24, 2.45) is 35.0 Å². The SMILES string of the molecule is CCC(C)[C@@H](C(=O)N[C@H](C(=O)NCC(=O)N[C@@H](CC(N)=O)C(=O)N[C@@H](CO)C(=O)O)[C@H](C)O)N(C(=O)[C@H](N)CCCNC(=O)OCc1ccccc1)C(=O)[C@H](CC(C)C)NC(=O)[C@@H](N)[C@H](O)C(C)C.O=C(O)C(F)(F)F. The molecule has 30 heteroatoms. The van der Waals surface area contributed by atoms with E-state index in [4.69, 9.17) is 36.9 Å². The Hall–Kier alpha value is -7.02. The molecule has 0 aliphatic rings. The third-order valence-corrected chi connectivity index (χ3v) is 11.0. The number of aliphatic hydroxyl groups is 3. The molecule has 1 aromatic carbocycles. The Bertz CT molecular complexity index is 2120. The number of benzene rings is 1. The van der Waals surface area contributed by atoms with Crippen LogP contribution in [0.25, 0.3) is 0 Å². The smallest absolute Gasteiger partial charge is 0.480 e. The number of aliphatic hydroxyl groups excluding tert-OH is 3. The molecule has 0 aliphatic carbocycles. The fraction of sp³-hybridized carbons (Fsp3) is 0.630. The Kier molecular flexibility index (Phi) is 30.7. The topological polar surface area (TPSA) is 452 Å². The highest BCUT2D eigenvalue weighted by molar-refractivity contribution is 6.06. The van der Waals surface area contributed by atoms with Crippen molar-refractivity contribution < 1.29 is 96.2 Å². The van der Waals surface area contributed by atoms with Crippen LogP contribution in [-0.4, -0.2) is 176 Å². The first-order valence-corrected chi connectivity index (χ1v) is 23.8. The van der Waals surface area contributed by atoms with Crippen LogP contribution in [0.2, 0.25) is 0 Å². The third kappa shape index (κ3) is 25.0. The molecule has 27 nitrogen and oxygen atoms in total. The summed E-state index contributed by atoms with van der Waals surface area (Å²) < 4.78 is 36.9. The van der Waals surface area contributed by atoms with Gasteiger partial charge in [0.15, 0.2) is 0 Å². The molecule has 0 saturated heterocycles. The Labute approximate surface area is 435 Å². The van der Waals surface area contributed by atoms with Gasteiger partial charge in [-0.25, -0.2) is 14.4 Å². The first-order chi connectivity index (χ1) is 35.2. The summed E-state index contributed by atoms with van der Waals surface area (Å²) in [4.78, 5) is 141. The maximum Gasteiger partial charge on any atom is 0.490 e. The number of carboxylic acids is 2. The zero-order valence-corrected chi connectivity index (χ0v) is 43.1. The van der Waals surface area contributed by atoms with Gasteiger partial charge in [-0.05, 0) is 49.5 Å². The number of aliphatic carboxylic acids is 2. The predicted molar refractivity (Wildman–Crippen MR) is 260 cm³/mol. The van der Waals surface area contributed by atoms with Crippen LogP contribution in [0.15, 0.2) is 30.3 Å². The number of nitrogens with two attached hydrogens (primary N) is 3.